The first-order chi connectivity index (χ1) is 9.90. The lowest BCUT2D eigenvalue weighted by Crippen LogP contribution is -2.21. The number of nitrogens with zero attached hydrogens (tertiary/aromatic N) is 2. The number of amides is 2. The van der Waals surface area contributed by atoms with Gasteiger partial charge in [-0.2, -0.15) is 13.2 Å². The SMILES string of the molecule is CCc1nnc(NC(=O)Nc2ccccc2C(F)(F)F)s1. The molecule has 0 aliphatic carbocycles. The molecule has 0 saturated heterocycles. The van der Waals surface area contributed by atoms with Crippen LogP contribution in [-0.2, 0) is 12.6 Å². The lowest BCUT2D eigenvalue weighted by atomic mass is 10.1. The summed E-state index contributed by atoms with van der Waals surface area (Å²) in [6.45, 7) is 1.88. The predicted molar refractivity (Wildman–Crippen MR) is 73.4 cm³/mol. The van der Waals surface area contributed by atoms with Crippen LogP contribution >= 0.6 is 11.3 Å². The number of rotatable bonds is 3. The highest BCUT2D eigenvalue weighted by Crippen LogP contribution is 2.34. The highest BCUT2D eigenvalue weighted by Gasteiger charge is 2.33. The number of aryl methyl sites for hydroxylation is 1. The molecule has 112 valence electrons. The summed E-state index contributed by atoms with van der Waals surface area (Å²) >= 11 is 1.17. The van der Waals surface area contributed by atoms with Crippen LogP contribution in [0.25, 0.3) is 0 Å². The standard InChI is InChI=1S/C12H11F3N4OS/c1-2-9-18-19-11(21-9)17-10(20)16-8-6-4-3-5-7(8)12(13,14)15/h3-6H,2H2,1H3,(H2,16,17,19,20). The molecule has 2 aromatic rings. The Morgan fingerprint density at radius 1 is 1.24 bits per heavy atom. The Hall–Kier alpha value is -2.16. The van der Waals surface area contributed by atoms with Crippen LogP contribution in [0.5, 0.6) is 0 Å². The van der Waals surface area contributed by atoms with Crippen molar-refractivity contribution in [3.05, 3.63) is 34.8 Å². The highest BCUT2D eigenvalue weighted by molar-refractivity contribution is 7.15. The molecule has 0 radical (unpaired) electrons. The lowest BCUT2D eigenvalue weighted by Gasteiger charge is -2.13. The van der Waals surface area contributed by atoms with Crippen LogP contribution < -0.4 is 10.6 Å². The van der Waals surface area contributed by atoms with E-state index in [1.165, 1.54) is 29.5 Å². The third kappa shape index (κ3) is 3.91. The molecular weight excluding hydrogens is 305 g/mol. The number of para-hydroxylation sites is 1. The normalized spacial score (nSPS) is 11.2. The number of urea groups is 1. The van der Waals surface area contributed by atoms with Gasteiger partial charge < -0.3 is 5.32 Å². The first-order valence-corrected chi connectivity index (χ1v) is 6.78. The zero-order valence-corrected chi connectivity index (χ0v) is 11.7. The van der Waals surface area contributed by atoms with Crippen molar-refractivity contribution >= 4 is 28.2 Å². The Morgan fingerprint density at radius 2 is 1.95 bits per heavy atom. The summed E-state index contributed by atoms with van der Waals surface area (Å²) in [4.78, 5) is 11.7. The molecule has 0 aliphatic rings. The second-order valence-electron chi connectivity index (χ2n) is 3.98. The Morgan fingerprint density at radius 3 is 2.57 bits per heavy atom. The van der Waals surface area contributed by atoms with Gasteiger partial charge in [0.15, 0.2) is 0 Å². The summed E-state index contributed by atoms with van der Waals surface area (Å²) in [6, 6.07) is 3.94. The highest BCUT2D eigenvalue weighted by atomic mass is 32.1. The smallest absolute Gasteiger partial charge is 0.307 e. The predicted octanol–water partition coefficient (Wildman–Crippen LogP) is 3.76. The van der Waals surface area contributed by atoms with Gasteiger partial charge in [0.2, 0.25) is 5.13 Å². The number of halogens is 3. The van der Waals surface area contributed by atoms with Crippen LogP contribution in [0.4, 0.5) is 28.8 Å². The molecule has 21 heavy (non-hydrogen) atoms. The molecular formula is C12H11F3N4OS. The minimum Gasteiger partial charge on any atom is -0.307 e. The zero-order valence-electron chi connectivity index (χ0n) is 10.9. The van der Waals surface area contributed by atoms with Crippen molar-refractivity contribution in [2.45, 2.75) is 19.5 Å². The van der Waals surface area contributed by atoms with E-state index in [1.807, 2.05) is 6.92 Å². The number of nitrogens with one attached hydrogen (secondary N) is 2. The maximum atomic E-state index is 12.8. The minimum atomic E-state index is -4.54. The van der Waals surface area contributed by atoms with Crippen molar-refractivity contribution in [3.63, 3.8) is 0 Å². The Bertz CT molecular complexity index is 641. The lowest BCUT2D eigenvalue weighted by molar-refractivity contribution is -0.136. The number of carbonyl (C=O) groups excluding carboxylic acids is 1. The molecule has 0 aliphatic heterocycles. The Kier molecular flexibility index (Phi) is 4.41. The second-order valence-corrected chi connectivity index (χ2v) is 5.04. The summed E-state index contributed by atoms with van der Waals surface area (Å²) in [7, 11) is 0. The van der Waals surface area contributed by atoms with E-state index < -0.39 is 17.8 Å². The van der Waals surface area contributed by atoms with Crippen LogP contribution in [0, 0.1) is 0 Å². The van der Waals surface area contributed by atoms with Gasteiger partial charge in [-0.15, -0.1) is 10.2 Å². The van der Waals surface area contributed by atoms with E-state index in [0.29, 0.717) is 6.42 Å². The van der Waals surface area contributed by atoms with Crippen LogP contribution in [0.15, 0.2) is 24.3 Å². The van der Waals surface area contributed by atoms with Crippen molar-refractivity contribution in [2.75, 3.05) is 10.6 Å². The van der Waals surface area contributed by atoms with Gasteiger partial charge in [-0.1, -0.05) is 30.4 Å². The van der Waals surface area contributed by atoms with Crippen LogP contribution in [-0.4, -0.2) is 16.2 Å². The molecule has 5 nitrogen and oxygen atoms in total. The summed E-state index contributed by atoms with van der Waals surface area (Å²) in [6.07, 6.45) is -3.88. The van der Waals surface area contributed by atoms with Crippen molar-refractivity contribution in [3.8, 4) is 0 Å². The van der Waals surface area contributed by atoms with Gasteiger partial charge in [0.05, 0.1) is 11.3 Å². The summed E-state index contributed by atoms with van der Waals surface area (Å²) in [5.41, 5.74) is -1.23. The van der Waals surface area contributed by atoms with Gasteiger partial charge in [0, 0.05) is 0 Å². The Labute approximate surface area is 122 Å². The second kappa shape index (κ2) is 6.08. The van der Waals surface area contributed by atoms with E-state index in [9.17, 15) is 18.0 Å². The number of anilines is 2. The number of benzene rings is 1. The van der Waals surface area contributed by atoms with Crippen molar-refractivity contribution < 1.29 is 18.0 Å². The molecule has 0 bridgehead atoms. The fraction of sp³-hybridized carbons (Fsp3) is 0.250. The van der Waals surface area contributed by atoms with Crippen molar-refractivity contribution in [1.29, 1.82) is 0 Å². The molecule has 0 fully saturated rings. The molecule has 0 atom stereocenters. The molecule has 2 N–H and O–H groups in total. The minimum absolute atomic E-state index is 0.230. The first-order valence-electron chi connectivity index (χ1n) is 5.96. The van der Waals surface area contributed by atoms with E-state index in [4.69, 9.17) is 0 Å². The van der Waals surface area contributed by atoms with Gasteiger partial charge >= 0.3 is 12.2 Å². The van der Waals surface area contributed by atoms with E-state index in [2.05, 4.69) is 20.8 Å². The molecule has 2 amide bonds. The maximum Gasteiger partial charge on any atom is 0.418 e. The van der Waals surface area contributed by atoms with E-state index >= 15 is 0 Å². The average Bonchev–Trinajstić information content (AvgIpc) is 2.85. The number of alkyl halides is 3. The van der Waals surface area contributed by atoms with Crippen LogP contribution in [0.3, 0.4) is 0 Å². The number of hydrogen-bond acceptors (Lipinski definition) is 4. The van der Waals surface area contributed by atoms with Crippen LogP contribution in [0.2, 0.25) is 0 Å². The third-order valence-electron chi connectivity index (χ3n) is 2.47. The summed E-state index contributed by atoms with van der Waals surface area (Å²) in [5, 5.41) is 13.0. The zero-order chi connectivity index (χ0) is 15.5. The number of aromatic nitrogens is 2. The quantitative estimate of drug-likeness (QED) is 0.906. The van der Waals surface area contributed by atoms with Gasteiger partial charge in [-0.05, 0) is 18.6 Å². The topological polar surface area (TPSA) is 66.9 Å². The summed E-state index contributed by atoms with van der Waals surface area (Å²) < 4.78 is 38.3. The molecule has 9 heteroatoms. The van der Waals surface area contributed by atoms with E-state index in [0.717, 1.165) is 11.1 Å². The van der Waals surface area contributed by atoms with Gasteiger partial charge in [0.25, 0.3) is 0 Å². The summed E-state index contributed by atoms with van der Waals surface area (Å²) in [5.74, 6) is 0. The molecule has 1 aromatic heterocycles. The van der Waals surface area contributed by atoms with Crippen LogP contribution in [0.1, 0.15) is 17.5 Å². The van der Waals surface area contributed by atoms with Gasteiger partial charge in [-0.3, -0.25) is 5.32 Å². The fourth-order valence-corrected chi connectivity index (χ4v) is 2.21. The largest absolute Gasteiger partial charge is 0.418 e. The maximum absolute atomic E-state index is 12.8. The first kappa shape index (κ1) is 15.2. The molecule has 0 saturated carbocycles. The van der Waals surface area contributed by atoms with Gasteiger partial charge in [0.1, 0.15) is 5.01 Å². The average molecular weight is 316 g/mol. The molecule has 1 aromatic carbocycles. The number of carbonyl (C=O) groups is 1. The van der Waals surface area contributed by atoms with E-state index in [-0.39, 0.29) is 10.8 Å². The number of hydrogen-bond donors (Lipinski definition) is 2. The Balaban J connectivity index is 2.09. The van der Waals surface area contributed by atoms with E-state index in [1.54, 1.807) is 0 Å². The van der Waals surface area contributed by atoms with Crippen molar-refractivity contribution in [2.24, 2.45) is 0 Å². The fourth-order valence-electron chi connectivity index (χ4n) is 1.54. The molecule has 1 heterocycles. The molecule has 0 unspecified atom stereocenters. The monoisotopic (exact) mass is 316 g/mol. The third-order valence-corrected chi connectivity index (χ3v) is 3.45. The van der Waals surface area contributed by atoms with Crippen molar-refractivity contribution in [1.82, 2.24) is 10.2 Å². The van der Waals surface area contributed by atoms with Gasteiger partial charge in [-0.25, -0.2) is 4.79 Å². The molecule has 2 rings (SSSR count). The molecule has 0 spiro atoms.